The highest BCUT2D eigenvalue weighted by atomic mass is 35.5. The average molecular weight is 563 g/mol. The summed E-state index contributed by atoms with van der Waals surface area (Å²) in [5, 5.41) is 2.80. The topological polar surface area (TPSA) is 97.7 Å². The van der Waals surface area contributed by atoms with Crippen LogP contribution in [0.15, 0.2) is 41.7 Å². The zero-order chi connectivity index (χ0) is 26.6. The van der Waals surface area contributed by atoms with Gasteiger partial charge < -0.3 is 10.1 Å². The Bertz CT molecular complexity index is 1190. The van der Waals surface area contributed by atoms with Gasteiger partial charge in [-0.25, -0.2) is 4.79 Å². The van der Waals surface area contributed by atoms with Crippen molar-refractivity contribution in [3.8, 4) is 0 Å². The van der Waals surface area contributed by atoms with Crippen molar-refractivity contribution in [3.63, 3.8) is 0 Å². The molecule has 1 amide bonds. The maximum absolute atomic E-state index is 13.0. The number of hydrogen-bond acceptors (Lipinski definition) is 7. The van der Waals surface area contributed by atoms with Gasteiger partial charge >= 0.3 is 5.97 Å². The van der Waals surface area contributed by atoms with Gasteiger partial charge in [0, 0.05) is 30.2 Å². The number of ketones is 1. The fourth-order valence-electron chi connectivity index (χ4n) is 5.10. The number of benzene rings is 1. The number of aliphatic imine (C=N–C) groups is 1. The number of pyridine rings is 1. The normalized spacial score (nSPS) is 20.4. The standard InChI is InChI=1S/C27H29Cl2N3O4S/c1-3-36-26(35)20(32-23-22(37-2)24(33)27(23)11-5-4-6-12-27)13-16-7-9-17(10-8-16)31-25(34)21-18(28)14-30-15-19(21)29/h7-10,14-15,20,22H,3-6,11-13H2,1-2H3,(H,31,34)/t20-,22?/m0/s1. The number of hydrogen-bond donors (Lipinski definition) is 1. The van der Waals surface area contributed by atoms with Crippen LogP contribution in [0.1, 0.15) is 54.9 Å². The minimum Gasteiger partial charge on any atom is -0.464 e. The Morgan fingerprint density at radius 2 is 1.81 bits per heavy atom. The molecule has 2 aliphatic rings. The molecule has 2 aromatic rings. The van der Waals surface area contributed by atoms with Gasteiger partial charge in [0.1, 0.15) is 5.25 Å². The van der Waals surface area contributed by atoms with Crippen molar-refractivity contribution < 1.29 is 19.1 Å². The Labute approximate surface area is 230 Å². The van der Waals surface area contributed by atoms with Gasteiger partial charge in [-0.05, 0) is 43.7 Å². The van der Waals surface area contributed by atoms with E-state index in [-0.39, 0.29) is 33.2 Å². The van der Waals surface area contributed by atoms with Crippen LogP contribution in [-0.4, -0.2) is 52.5 Å². The SMILES string of the molecule is CCOC(=O)[C@H](Cc1ccc(NC(=O)c2c(Cl)cncc2Cl)cc1)N=C1C(SC)C(=O)C12CCCCC2. The number of aromatic nitrogens is 1. The van der Waals surface area contributed by atoms with Crippen LogP contribution in [0.2, 0.25) is 10.0 Å². The first-order chi connectivity index (χ1) is 17.8. The number of carbonyl (C=O) groups excluding carboxylic acids is 3. The number of halogens is 2. The number of ether oxygens (including phenoxy) is 1. The highest BCUT2D eigenvalue weighted by molar-refractivity contribution is 8.01. The Morgan fingerprint density at radius 1 is 1.16 bits per heavy atom. The summed E-state index contributed by atoms with van der Waals surface area (Å²) < 4.78 is 5.34. The van der Waals surface area contributed by atoms with Crippen LogP contribution in [0.5, 0.6) is 0 Å². The molecule has 2 saturated carbocycles. The van der Waals surface area contributed by atoms with Gasteiger partial charge in [-0.2, -0.15) is 0 Å². The third-order valence-corrected chi connectivity index (χ3v) is 8.45. The van der Waals surface area contributed by atoms with Gasteiger partial charge in [-0.1, -0.05) is 54.6 Å². The molecule has 0 radical (unpaired) electrons. The third-order valence-electron chi connectivity index (χ3n) is 6.97. The highest BCUT2D eigenvalue weighted by Gasteiger charge is 2.59. The van der Waals surface area contributed by atoms with E-state index >= 15 is 0 Å². The van der Waals surface area contributed by atoms with Crippen molar-refractivity contribution in [2.24, 2.45) is 10.4 Å². The lowest BCUT2D eigenvalue weighted by Gasteiger charge is -2.49. The molecule has 0 saturated heterocycles. The molecule has 1 spiro atoms. The number of esters is 1. The van der Waals surface area contributed by atoms with Crippen LogP contribution in [0.3, 0.4) is 0 Å². The van der Waals surface area contributed by atoms with E-state index in [1.807, 2.05) is 18.4 Å². The van der Waals surface area contributed by atoms with Crippen LogP contribution < -0.4 is 5.32 Å². The largest absolute Gasteiger partial charge is 0.464 e. The second-order valence-electron chi connectivity index (χ2n) is 9.24. The number of anilines is 1. The quantitative estimate of drug-likeness (QED) is 0.407. The van der Waals surface area contributed by atoms with Crippen LogP contribution in [0.4, 0.5) is 5.69 Å². The lowest BCUT2D eigenvalue weighted by atomic mass is 9.58. The van der Waals surface area contributed by atoms with E-state index in [1.165, 1.54) is 24.2 Å². The van der Waals surface area contributed by atoms with Crippen LogP contribution in [-0.2, 0) is 20.7 Å². The molecule has 2 aliphatic carbocycles. The predicted octanol–water partition coefficient (Wildman–Crippen LogP) is 5.82. The fourth-order valence-corrected chi connectivity index (χ4v) is 6.59. The summed E-state index contributed by atoms with van der Waals surface area (Å²) in [6.07, 6.45) is 9.67. The summed E-state index contributed by atoms with van der Waals surface area (Å²) in [6, 6.07) is 6.39. The summed E-state index contributed by atoms with van der Waals surface area (Å²) >= 11 is 13.6. The molecular formula is C27H29Cl2N3O4S. The molecule has 1 aromatic heterocycles. The molecule has 37 heavy (non-hydrogen) atoms. The number of rotatable bonds is 8. The van der Waals surface area contributed by atoms with E-state index in [0.717, 1.165) is 43.4 Å². The summed E-state index contributed by atoms with van der Waals surface area (Å²) in [5.74, 6) is -0.605. The summed E-state index contributed by atoms with van der Waals surface area (Å²) in [5.41, 5.74) is 1.88. The summed E-state index contributed by atoms with van der Waals surface area (Å²) in [7, 11) is 0. The van der Waals surface area contributed by atoms with E-state index in [2.05, 4.69) is 10.3 Å². The molecule has 4 rings (SSSR count). The maximum atomic E-state index is 13.0. The molecule has 1 unspecified atom stereocenters. The number of amides is 1. The van der Waals surface area contributed by atoms with Gasteiger partial charge in [-0.3, -0.25) is 19.6 Å². The minimum atomic E-state index is -0.744. The average Bonchev–Trinajstić information content (AvgIpc) is 2.89. The summed E-state index contributed by atoms with van der Waals surface area (Å²) in [4.78, 5) is 47.3. The second kappa shape index (κ2) is 12.0. The third kappa shape index (κ3) is 5.71. The van der Waals surface area contributed by atoms with E-state index in [1.54, 1.807) is 19.1 Å². The molecule has 10 heteroatoms. The van der Waals surface area contributed by atoms with Gasteiger partial charge in [0.15, 0.2) is 11.8 Å². The van der Waals surface area contributed by atoms with Gasteiger partial charge in [0.25, 0.3) is 5.91 Å². The van der Waals surface area contributed by atoms with E-state index in [4.69, 9.17) is 32.9 Å². The van der Waals surface area contributed by atoms with Gasteiger partial charge in [0.2, 0.25) is 0 Å². The monoisotopic (exact) mass is 561 g/mol. The maximum Gasteiger partial charge on any atom is 0.331 e. The van der Waals surface area contributed by atoms with Crippen LogP contribution >= 0.6 is 35.0 Å². The highest BCUT2D eigenvalue weighted by Crippen LogP contribution is 2.50. The van der Waals surface area contributed by atoms with Crippen molar-refractivity contribution >= 4 is 64.0 Å². The van der Waals surface area contributed by atoms with Crippen molar-refractivity contribution in [2.45, 2.75) is 56.7 Å². The van der Waals surface area contributed by atoms with Crippen molar-refractivity contribution in [1.29, 1.82) is 0 Å². The Hall–Kier alpha value is -2.42. The predicted molar refractivity (Wildman–Crippen MR) is 148 cm³/mol. The van der Waals surface area contributed by atoms with E-state index in [0.29, 0.717) is 12.1 Å². The molecule has 2 fully saturated rings. The number of thioether (sulfide) groups is 1. The zero-order valence-electron chi connectivity index (χ0n) is 20.8. The van der Waals surface area contributed by atoms with Gasteiger partial charge in [0.05, 0.1) is 27.6 Å². The molecule has 196 valence electrons. The summed E-state index contributed by atoms with van der Waals surface area (Å²) in [6.45, 7) is 2.02. The number of carbonyl (C=O) groups is 3. The van der Waals surface area contributed by atoms with Gasteiger partial charge in [-0.15, -0.1) is 11.8 Å². The van der Waals surface area contributed by atoms with E-state index < -0.39 is 23.3 Å². The van der Waals surface area contributed by atoms with Crippen LogP contribution in [0.25, 0.3) is 0 Å². The molecule has 2 atom stereocenters. The Morgan fingerprint density at radius 3 is 2.41 bits per heavy atom. The second-order valence-corrected chi connectivity index (χ2v) is 11.0. The van der Waals surface area contributed by atoms with Crippen molar-refractivity contribution in [2.75, 3.05) is 18.2 Å². The first kappa shape index (κ1) is 27.6. The molecule has 7 nitrogen and oxygen atoms in total. The first-order valence-corrected chi connectivity index (χ1v) is 14.4. The zero-order valence-corrected chi connectivity index (χ0v) is 23.1. The van der Waals surface area contributed by atoms with Crippen molar-refractivity contribution in [1.82, 2.24) is 4.98 Å². The molecule has 1 N–H and O–H groups in total. The van der Waals surface area contributed by atoms with Crippen LogP contribution in [0, 0.1) is 5.41 Å². The lowest BCUT2D eigenvalue weighted by Crippen LogP contribution is -2.62. The lowest BCUT2D eigenvalue weighted by molar-refractivity contribution is -0.144. The molecule has 0 bridgehead atoms. The number of nitrogens with one attached hydrogen (secondary N) is 1. The fraction of sp³-hybridized carbons (Fsp3) is 0.444. The first-order valence-electron chi connectivity index (χ1n) is 12.3. The Kier molecular flexibility index (Phi) is 8.93. The number of nitrogens with zero attached hydrogens (tertiary/aromatic N) is 2. The molecular weight excluding hydrogens is 533 g/mol. The smallest absolute Gasteiger partial charge is 0.331 e. The molecule has 1 aromatic carbocycles. The van der Waals surface area contributed by atoms with E-state index in [9.17, 15) is 14.4 Å². The number of Topliss-reactive ketones (excluding diaryl/α,β-unsaturated/α-hetero) is 1. The minimum absolute atomic E-state index is 0.149. The Balaban J connectivity index is 1.53. The van der Waals surface area contributed by atoms with Crippen molar-refractivity contribution in [3.05, 3.63) is 57.8 Å². The molecule has 0 aliphatic heterocycles. The molecule has 1 heterocycles.